The molecule has 0 atom stereocenters. The maximum absolute atomic E-state index is 13.1. The Bertz CT molecular complexity index is 1270. The lowest BCUT2D eigenvalue weighted by atomic mass is 10.2. The van der Waals surface area contributed by atoms with Crippen molar-refractivity contribution in [2.24, 2.45) is 7.05 Å². The standard InChI is InChI=1S/C21H16N4O3/c1-24-13-14(12-22-24)6-11-19-23-18-5-3-2-4-17(18)20(26)25(19)16-9-7-15(8-10-16)21(27)28/h2-13H,1H3,(H,27,28). The summed E-state index contributed by atoms with van der Waals surface area (Å²) < 4.78 is 3.16. The van der Waals surface area contributed by atoms with E-state index >= 15 is 0 Å². The average Bonchev–Trinajstić information content (AvgIpc) is 3.12. The first-order chi connectivity index (χ1) is 13.5. The van der Waals surface area contributed by atoms with Crippen LogP contribution in [-0.2, 0) is 7.05 Å². The van der Waals surface area contributed by atoms with Crippen LogP contribution < -0.4 is 5.56 Å². The molecule has 0 aliphatic heterocycles. The minimum Gasteiger partial charge on any atom is -0.478 e. The zero-order valence-electron chi connectivity index (χ0n) is 15.0. The summed E-state index contributed by atoms with van der Waals surface area (Å²) in [6.07, 6.45) is 7.13. The number of carbonyl (C=O) groups is 1. The van der Waals surface area contributed by atoms with Crippen LogP contribution in [0, 0.1) is 0 Å². The van der Waals surface area contributed by atoms with E-state index in [1.807, 2.05) is 25.4 Å². The van der Waals surface area contributed by atoms with Gasteiger partial charge in [-0.2, -0.15) is 5.10 Å². The molecule has 0 bridgehead atoms. The van der Waals surface area contributed by atoms with Gasteiger partial charge in [0.25, 0.3) is 5.56 Å². The fourth-order valence-electron chi connectivity index (χ4n) is 2.96. The molecule has 7 nitrogen and oxygen atoms in total. The summed E-state index contributed by atoms with van der Waals surface area (Å²) in [4.78, 5) is 28.9. The van der Waals surface area contributed by atoms with Crippen LogP contribution in [0.3, 0.4) is 0 Å². The molecule has 7 heteroatoms. The molecule has 2 aromatic carbocycles. The molecule has 0 saturated carbocycles. The van der Waals surface area contributed by atoms with Gasteiger partial charge in [0.2, 0.25) is 0 Å². The van der Waals surface area contributed by atoms with Crippen molar-refractivity contribution in [3.05, 3.63) is 88.2 Å². The Morgan fingerprint density at radius 3 is 2.50 bits per heavy atom. The summed E-state index contributed by atoms with van der Waals surface area (Å²) in [5.41, 5.74) is 1.94. The number of rotatable bonds is 4. The quantitative estimate of drug-likeness (QED) is 0.595. The molecule has 1 N–H and O–H groups in total. The number of hydrogen-bond acceptors (Lipinski definition) is 4. The summed E-state index contributed by atoms with van der Waals surface area (Å²) in [5, 5.41) is 13.7. The Balaban J connectivity index is 1.91. The molecule has 0 spiro atoms. The van der Waals surface area contributed by atoms with E-state index < -0.39 is 5.97 Å². The Kier molecular flexibility index (Phi) is 4.33. The molecule has 2 aromatic heterocycles. The van der Waals surface area contributed by atoms with E-state index in [1.165, 1.54) is 16.7 Å². The van der Waals surface area contributed by atoms with Crippen molar-refractivity contribution < 1.29 is 9.90 Å². The topological polar surface area (TPSA) is 90.0 Å². The van der Waals surface area contributed by atoms with E-state index in [2.05, 4.69) is 10.1 Å². The first-order valence-corrected chi connectivity index (χ1v) is 8.55. The van der Waals surface area contributed by atoms with Gasteiger partial charge in [0.1, 0.15) is 5.82 Å². The third-order valence-corrected chi connectivity index (χ3v) is 4.32. The maximum atomic E-state index is 13.1. The molecule has 138 valence electrons. The van der Waals surface area contributed by atoms with E-state index in [-0.39, 0.29) is 11.1 Å². The van der Waals surface area contributed by atoms with Crippen molar-refractivity contribution in [3.8, 4) is 5.69 Å². The van der Waals surface area contributed by atoms with E-state index in [1.54, 1.807) is 47.3 Å². The summed E-state index contributed by atoms with van der Waals surface area (Å²) in [6.45, 7) is 0. The number of para-hydroxylation sites is 1. The zero-order valence-corrected chi connectivity index (χ0v) is 15.0. The van der Waals surface area contributed by atoms with Gasteiger partial charge in [-0.25, -0.2) is 9.78 Å². The number of aromatic carboxylic acids is 1. The summed E-state index contributed by atoms with van der Waals surface area (Å²) in [7, 11) is 1.82. The number of aromatic nitrogens is 4. The molecule has 28 heavy (non-hydrogen) atoms. The van der Waals surface area contributed by atoms with Crippen molar-refractivity contribution >= 4 is 29.0 Å². The molecule has 0 fully saturated rings. The lowest BCUT2D eigenvalue weighted by Crippen LogP contribution is -2.22. The number of fused-ring (bicyclic) bond motifs is 1. The molecule has 0 amide bonds. The van der Waals surface area contributed by atoms with Crippen LogP contribution >= 0.6 is 0 Å². The number of aryl methyl sites for hydroxylation is 1. The SMILES string of the molecule is Cn1cc(C=Cc2nc3ccccc3c(=O)n2-c2ccc(C(=O)O)cc2)cn1. The van der Waals surface area contributed by atoms with Gasteiger partial charge in [0.15, 0.2) is 0 Å². The molecule has 0 radical (unpaired) electrons. The van der Waals surface area contributed by atoms with Gasteiger partial charge in [0, 0.05) is 18.8 Å². The largest absolute Gasteiger partial charge is 0.478 e. The van der Waals surface area contributed by atoms with Crippen molar-refractivity contribution in [1.82, 2.24) is 19.3 Å². The van der Waals surface area contributed by atoms with E-state index in [0.29, 0.717) is 22.4 Å². The van der Waals surface area contributed by atoms with Gasteiger partial charge < -0.3 is 5.11 Å². The van der Waals surface area contributed by atoms with Gasteiger partial charge in [-0.3, -0.25) is 14.0 Å². The number of carboxylic acid groups (broad SMARTS) is 1. The van der Waals surface area contributed by atoms with Crippen LogP contribution in [0.1, 0.15) is 21.7 Å². The highest BCUT2D eigenvalue weighted by Crippen LogP contribution is 2.16. The second-order valence-corrected chi connectivity index (χ2v) is 6.26. The summed E-state index contributed by atoms with van der Waals surface area (Å²) in [5.74, 6) is -0.581. The Labute approximate surface area is 159 Å². The molecule has 0 saturated heterocycles. The first kappa shape index (κ1) is 17.4. The third kappa shape index (κ3) is 3.21. The molecular formula is C21H16N4O3. The van der Waals surface area contributed by atoms with Gasteiger partial charge in [-0.05, 0) is 48.6 Å². The van der Waals surface area contributed by atoms with Crippen molar-refractivity contribution in [2.75, 3.05) is 0 Å². The van der Waals surface area contributed by atoms with Gasteiger partial charge in [0.05, 0.1) is 28.4 Å². The zero-order chi connectivity index (χ0) is 19.7. The summed E-state index contributed by atoms with van der Waals surface area (Å²) in [6, 6.07) is 13.3. The minimum atomic E-state index is -1.02. The molecule has 4 aromatic rings. The Morgan fingerprint density at radius 2 is 1.82 bits per heavy atom. The van der Waals surface area contributed by atoms with Crippen LogP contribution in [0.5, 0.6) is 0 Å². The van der Waals surface area contributed by atoms with Gasteiger partial charge >= 0.3 is 5.97 Å². The second kappa shape index (κ2) is 6.96. The molecule has 0 aliphatic rings. The van der Waals surface area contributed by atoms with Crippen molar-refractivity contribution in [2.45, 2.75) is 0 Å². The van der Waals surface area contributed by atoms with Crippen LogP contribution in [0.15, 0.2) is 65.7 Å². The fraction of sp³-hybridized carbons (Fsp3) is 0.0476. The van der Waals surface area contributed by atoms with Gasteiger partial charge in [-0.15, -0.1) is 0 Å². The average molecular weight is 372 g/mol. The highest BCUT2D eigenvalue weighted by molar-refractivity contribution is 5.88. The Morgan fingerprint density at radius 1 is 1.07 bits per heavy atom. The predicted octanol–water partition coefficient (Wildman–Crippen LogP) is 2.99. The minimum absolute atomic E-state index is 0.151. The first-order valence-electron chi connectivity index (χ1n) is 8.55. The van der Waals surface area contributed by atoms with Crippen LogP contribution in [0.25, 0.3) is 28.7 Å². The summed E-state index contributed by atoms with van der Waals surface area (Å²) >= 11 is 0. The van der Waals surface area contributed by atoms with E-state index in [9.17, 15) is 9.59 Å². The lowest BCUT2D eigenvalue weighted by Gasteiger charge is -2.11. The highest BCUT2D eigenvalue weighted by Gasteiger charge is 2.12. The normalized spacial score (nSPS) is 11.3. The predicted molar refractivity (Wildman–Crippen MR) is 106 cm³/mol. The van der Waals surface area contributed by atoms with Crippen molar-refractivity contribution in [1.29, 1.82) is 0 Å². The van der Waals surface area contributed by atoms with Crippen LogP contribution in [0.2, 0.25) is 0 Å². The Hall–Kier alpha value is -4.00. The van der Waals surface area contributed by atoms with Crippen molar-refractivity contribution in [3.63, 3.8) is 0 Å². The number of benzene rings is 2. The second-order valence-electron chi connectivity index (χ2n) is 6.26. The van der Waals surface area contributed by atoms with Crippen LogP contribution in [0.4, 0.5) is 0 Å². The number of hydrogen-bond donors (Lipinski definition) is 1. The van der Waals surface area contributed by atoms with E-state index in [0.717, 1.165) is 5.56 Å². The molecular weight excluding hydrogens is 356 g/mol. The molecule has 2 heterocycles. The monoisotopic (exact) mass is 372 g/mol. The van der Waals surface area contributed by atoms with E-state index in [4.69, 9.17) is 5.11 Å². The fourth-order valence-corrected chi connectivity index (χ4v) is 2.96. The smallest absolute Gasteiger partial charge is 0.335 e. The molecule has 0 aliphatic carbocycles. The highest BCUT2D eigenvalue weighted by atomic mass is 16.4. The number of carboxylic acids is 1. The maximum Gasteiger partial charge on any atom is 0.335 e. The lowest BCUT2D eigenvalue weighted by molar-refractivity contribution is 0.0697. The number of nitrogens with zero attached hydrogens (tertiary/aromatic N) is 4. The van der Waals surface area contributed by atoms with Crippen LogP contribution in [-0.4, -0.2) is 30.4 Å². The third-order valence-electron chi connectivity index (χ3n) is 4.32. The molecule has 4 rings (SSSR count). The van der Waals surface area contributed by atoms with Gasteiger partial charge in [-0.1, -0.05) is 12.1 Å². The molecule has 0 unspecified atom stereocenters.